The van der Waals surface area contributed by atoms with Crippen LogP contribution in [-0.4, -0.2) is 51.1 Å². The van der Waals surface area contributed by atoms with Crippen molar-refractivity contribution in [1.29, 1.82) is 0 Å². The second-order valence-electron chi connectivity index (χ2n) is 9.87. The van der Waals surface area contributed by atoms with Gasteiger partial charge in [0.25, 0.3) is 5.91 Å². The monoisotopic (exact) mass is 457 g/mol. The number of imide groups is 1. The summed E-state index contributed by atoms with van der Waals surface area (Å²) in [4.78, 5) is 42.3. The normalized spacial score (nSPS) is 18.5. The molecule has 2 aliphatic carbocycles. The van der Waals surface area contributed by atoms with Gasteiger partial charge in [-0.25, -0.2) is 9.59 Å². The zero-order valence-electron chi connectivity index (χ0n) is 20.0. The molecule has 2 aliphatic rings. The quantitative estimate of drug-likeness (QED) is 0.574. The summed E-state index contributed by atoms with van der Waals surface area (Å²) in [5, 5.41) is 13.2. The summed E-state index contributed by atoms with van der Waals surface area (Å²) in [6.45, 7) is 3.80. The molecule has 2 saturated carbocycles. The van der Waals surface area contributed by atoms with Gasteiger partial charge in [0.05, 0.1) is 0 Å². The highest BCUT2D eigenvalue weighted by Gasteiger charge is 2.41. The summed E-state index contributed by atoms with van der Waals surface area (Å²) in [5.41, 5.74) is 0.814. The Kier molecular flexibility index (Phi) is 9.15. The Morgan fingerprint density at radius 3 is 2.06 bits per heavy atom. The van der Waals surface area contributed by atoms with Crippen LogP contribution >= 0.6 is 0 Å². The molecular weight excluding hydrogens is 418 g/mol. The average molecular weight is 458 g/mol. The maximum absolute atomic E-state index is 14.0. The van der Waals surface area contributed by atoms with Crippen LogP contribution in [0.1, 0.15) is 83.6 Å². The summed E-state index contributed by atoms with van der Waals surface area (Å²) in [7, 11) is 0. The van der Waals surface area contributed by atoms with Gasteiger partial charge in [-0.05, 0) is 37.2 Å². The van der Waals surface area contributed by atoms with Crippen molar-refractivity contribution in [3.8, 4) is 0 Å². The van der Waals surface area contributed by atoms with Crippen molar-refractivity contribution in [3.63, 3.8) is 0 Å². The number of amides is 4. The van der Waals surface area contributed by atoms with Gasteiger partial charge in [-0.2, -0.15) is 0 Å². The number of carbonyl (C=O) groups is 3. The standard InChI is InChI=1S/C26H39N3O4/c1-19(2)23(28(26(32)33)18-20-12-6-3-7-13-20)24(30)29(22-16-10-5-11-17-22)25(31)27-21-14-8-4-9-15-21/h3,6-7,12-13,19,21-23H,4-5,8-11,14-18H2,1-2H3,(H,27,31)(H,32,33). The van der Waals surface area contributed by atoms with E-state index < -0.39 is 18.0 Å². The summed E-state index contributed by atoms with van der Waals surface area (Å²) < 4.78 is 0. The number of rotatable bonds is 7. The van der Waals surface area contributed by atoms with Crippen LogP contribution in [0.4, 0.5) is 9.59 Å². The smallest absolute Gasteiger partial charge is 0.408 e. The van der Waals surface area contributed by atoms with Gasteiger partial charge in [0.15, 0.2) is 0 Å². The van der Waals surface area contributed by atoms with E-state index in [2.05, 4.69) is 5.32 Å². The van der Waals surface area contributed by atoms with Crippen molar-refractivity contribution in [2.45, 2.75) is 103 Å². The van der Waals surface area contributed by atoms with Gasteiger partial charge >= 0.3 is 12.1 Å². The Morgan fingerprint density at radius 1 is 0.939 bits per heavy atom. The number of carboxylic acid groups (broad SMARTS) is 1. The van der Waals surface area contributed by atoms with Crippen LogP contribution in [0.3, 0.4) is 0 Å². The molecule has 1 unspecified atom stereocenters. The minimum absolute atomic E-state index is 0.0857. The lowest BCUT2D eigenvalue weighted by Crippen LogP contribution is -2.60. The maximum Gasteiger partial charge on any atom is 0.408 e. The highest BCUT2D eigenvalue weighted by atomic mass is 16.4. The van der Waals surface area contributed by atoms with Crippen LogP contribution in [0, 0.1) is 5.92 Å². The van der Waals surface area contributed by atoms with E-state index in [1.54, 1.807) is 0 Å². The molecule has 1 aromatic carbocycles. The third-order valence-corrected chi connectivity index (χ3v) is 6.99. The predicted molar refractivity (Wildman–Crippen MR) is 128 cm³/mol. The fraction of sp³-hybridized carbons (Fsp3) is 0.654. The Hall–Kier alpha value is -2.57. The molecule has 7 nitrogen and oxygen atoms in total. The Balaban J connectivity index is 1.87. The number of carbonyl (C=O) groups excluding carboxylic acids is 2. The molecule has 0 saturated heterocycles. The largest absolute Gasteiger partial charge is 0.465 e. The SMILES string of the molecule is CC(C)C(C(=O)N(C(=O)NC1CCCCC1)C1CCCCC1)N(Cc1ccccc1)C(=O)O. The van der Waals surface area contributed by atoms with E-state index in [4.69, 9.17) is 0 Å². The first-order chi connectivity index (χ1) is 15.9. The molecule has 182 valence electrons. The van der Waals surface area contributed by atoms with Gasteiger partial charge in [0.1, 0.15) is 6.04 Å². The van der Waals surface area contributed by atoms with E-state index in [9.17, 15) is 19.5 Å². The lowest BCUT2D eigenvalue weighted by molar-refractivity contribution is -0.137. The van der Waals surface area contributed by atoms with E-state index in [1.807, 2.05) is 44.2 Å². The van der Waals surface area contributed by atoms with E-state index >= 15 is 0 Å². The van der Waals surface area contributed by atoms with Gasteiger partial charge < -0.3 is 10.4 Å². The zero-order chi connectivity index (χ0) is 23.8. The Labute approximate surface area is 197 Å². The highest BCUT2D eigenvalue weighted by molar-refractivity contribution is 5.98. The molecule has 1 aromatic rings. The van der Waals surface area contributed by atoms with Crippen LogP contribution in [0.2, 0.25) is 0 Å². The molecule has 7 heteroatoms. The first-order valence-electron chi connectivity index (χ1n) is 12.6. The molecule has 4 amide bonds. The average Bonchev–Trinajstić information content (AvgIpc) is 2.80. The van der Waals surface area contributed by atoms with E-state index in [-0.39, 0.29) is 30.6 Å². The van der Waals surface area contributed by atoms with E-state index in [1.165, 1.54) is 16.2 Å². The minimum atomic E-state index is -1.15. The molecule has 0 radical (unpaired) electrons. The number of benzene rings is 1. The van der Waals surface area contributed by atoms with Crippen molar-refractivity contribution in [1.82, 2.24) is 15.1 Å². The van der Waals surface area contributed by atoms with Gasteiger partial charge in [-0.15, -0.1) is 0 Å². The van der Waals surface area contributed by atoms with E-state index in [0.717, 1.165) is 63.4 Å². The van der Waals surface area contributed by atoms with Crippen molar-refractivity contribution in [2.75, 3.05) is 0 Å². The fourth-order valence-corrected chi connectivity index (χ4v) is 5.26. The first-order valence-corrected chi connectivity index (χ1v) is 12.6. The molecule has 3 rings (SSSR count). The molecule has 0 aliphatic heterocycles. The van der Waals surface area contributed by atoms with Gasteiger partial charge in [-0.1, -0.05) is 82.7 Å². The van der Waals surface area contributed by atoms with Gasteiger partial charge in [0.2, 0.25) is 0 Å². The summed E-state index contributed by atoms with van der Waals surface area (Å²) >= 11 is 0. The summed E-state index contributed by atoms with van der Waals surface area (Å²) in [6, 6.07) is 7.92. The Morgan fingerprint density at radius 2 is 1.52 bits per heavy atom. The maximum atomic E-state index is 14.0. The zero-order valence-corrected chi connectivity index (χ0v) is 20.0. The number of nitrogens with one attached hydrogen (secondary N) is 1. The minimum Gasteiger partial charge on any atom is -0.465 e. The third-order valence-electron chi connectivity index (χ3n) is 6.99. The number of nitrogens with zero attached hydrogens (tertiary/aromatic N) is 2. The molecule has 0 heterocycles. The van der Waals surface area contributed by atoms with Crippen molar-refractivity contribution in [3.05, 3.63) is 35.9 Å². The van der Waals surface area contributed by atoms with Crippen LogP contribution < -0.4 is 5.32 Å². The summed E-state index contributed by atoms with van der Waals surface area (Å²) in [5.74, 6) is -0.672. The van der Waals surface area contributed by atoms with Gasteiger partial charge in [-0.3, -0.25) is 14.6 Å². The lowest BCUT2D eigenvalue weighted by atomic mass is 9.92. The van der Waals surface area contributed by atoms with Crippen LogP contribution in [0.25, 0.3) is 0 Å². The van der Waals surface area contributed by atoms with Crippen molar-refractivity contribution >= 4 is 18.0 Å². The van der Waals surface area contributed by atoms with Crippen LogP contribution in [-0.2, 0) is 11.3 Å². The second-order valence-corrected chi connectivity index (χ2v) is 9.87. The van der Waals surface area contributed by atoms with Crippen LogP contribution in [0.5, 0.6) is 0 Å². The highest BCUT2D eigenvalue weighted by Crippen LogP contribution is 2.27. The number of hydrogen-bond acceptors (Lipinski definition) is 3. The molecule has 1 atom stereocenters. The van der Waals surface area contributed by atoms with Gasteiger partial charge in [0, 0.05) is 18.6 Å². The molecule has 0 spiro atoms. The molecule has 2 N–H and O–H groups in total. The topological polar surface area (TPSA) is 90.0 Å². The lowest BCUT2D eigenvalue weighted by Gasteiger charge is -2.39. The molecule has 33 heavy (non-hydrogen) atoms. The Bertz CT molecular complexity index is 786. The predicted octanol–water partition coefficient (Wildman–Crippen LogP) is 5.39. The number of hydrogen-bond donors (Lipinski definition) is 2. The van der Waals surface area contributed by atoms with E-state index in [0.29, 0.717) is 0 Å². The van der Waals surface area contributed by atoms with Crippen molar-refractivity contribution < 1.29 is 19.5 Å². The second kappa shape index (κ2) is 12.1. The third kappa shape index (κ3) is 6.71. The van der Waals surface area contributed by atoms with Crippen molar-refractivity contribution in [2.24, 2.45) is 5.92 Å². The summed E-state index contributed by atoms with van der Waals surface area (Å²) in [6.07, 6.45) is 8.67. The first kappa shape index (κ1) is 25.1. The van der Waals surface area contributed by atoms with Crippen LogP contribution in [0.15, 0.2) is 30.3 Å². The molecule has 0 bridgehead atoms. The number of urea groups is 1. The molecular formula is C26H39N3O4. The molecule has 2 fully saturated rings. The fourth-order valence-electron chi connectivity index (χ4n) is 5.26. The molecule has 0 aromatic heterocycles.